The van der Waals surface area contributed by atoms with Gasteiger partial charge in [-0.25, -0.2) is 0 Å². The third kappa shape index (κ3) is 2.89. The summed E-state index contributed by atoms with van der Waals surface area (Å²) in [5.41, 5.74) is -2.54. The van der Waals surface area contributed by atoms with Crippen molar-refractivity contribution in [2.24, 2.45) is 0 Å². The first kappa shape index (κ1) is 15.1. The summed E-state index contributed by atoms with van der Waals surface area (Å²) in [5.74, 6) is -0.891. The molecule has 0 N–H and O–H groups in total. The van der Waals surface area contributed by atoms with E-state index in [9.17, 15) is 28.1 Å². The van der Waals surface area contributed by atoms with E-state index in [-0.39, 0.29) is 5.33 Å². The van der Waals surface area contributed by atoms with Gasteiger partial charge in [0, 0.05) is 6.07 Å². The van der Waals surface area contributed by atoms with Crippen molar-refractivity contribution in [3.63, 3.8) is 0 Å². The van der Waals surface area contributed by atoms with E-state index in [1.54, 1.807) is 0 Å². The van der Waals surface area contributed by atoms with E-state index in [0.717, 1.165) is 0 Å². The van der Waals surface area contributed by atoms with E-state index < -0.39 is 38.2 Å². The van der Waals surface area contributed by atoms with Crippen molar-refractivity contribution in [2.45, 2.75) is 6.18 Å². The summed E-state index contributed by atoms with van der Waals surface area (Å²) in [4.78, 5) is 21.2. The molecule has 0 fully saturated rings. The maximum absolute atomic E-state index is 12.7. The number of nitrogens with zero attached hydrogens (tertiary/aromatic N) is 1. The molecule has 0 bridgehead atoms. The van der Waals surface area contributed by atoms with Crippen molar-refractivity contribution in [1.82, 2.24) is 0 Å². The fourth-order valence-corrected chi connectivity index (χ4v) is 2.27. The molecular formula is C9H4Br2F3NO3. The van der Waals surface area contributed by atoms with Crippen LogP contribution >= 0.6 is 31.9 Å². The Morgan fingerprint density at radius 3 is 2.33 bits per heavy atom. The Bertz CT molecular complexity index is 517. The Hall–Kier alpha value is -0.960. The molecule has 0 aromatic heterocycles. The number of nitro groups is 1. The zero-order valence-corrected chi connectivity index (χ0v) is 11.6. The van der Waals surface area contributed by atoms with Crippen LogP contribution < -0.4 is 0 Å². The standard InChI is InChI=1S/C9H4Br2F3NO3/c10-3-6(16)7-4(9(12,13)14)1-2-5(8(7)11)15(17)18/h1-2H,3H2. The Labute approximate surface area is 116 Å². The van der Waals surface area contributed by atoms with E-state index in [4.69, 9.17) is 0 Å². The number of hydrogen-bond donors (Lipinski definition) is 0. The number of carbonyl (C=O) groups excluding carboxylic acids is 1. The number of hydrogen-bond acceptors (Lipinski definition) is 3. The number of Topliss-reactive ketones (excluding diaryl/α,β-unsaturated/α-hetero) is 1. The second kappa shape index (κ2) is 5.35. The zero-order valence-electron chi connectivity index (χ0n) is 8.42. The summed E-state index contributed by atoms with van der Waals surface area (Å²) >= 11 is 5.42. The average molecular weight is 391 g/mol. The predicted molar refractivity (Wildman–Crippen MR) is 63.9 cm³/mol. The highest BCUT2D eigenvalue weighted by atomic mass is 79.9. The minimum atomic E-state index is -4.76. The number of ketones is 1. The number of carbonyl (C=O) groups is 1. The van der Waals surface area contributed by atoms with Crippen LogP contribution in [0.25, 0.3) is 0 Å². The lowest BCUT2D eigenvalue weighted by Crippen LogP contribution is -2.15. The molecule has 9 heteroatoms. The van der Waals surface area contributed by atoms with Gasteiger partial charge in [-0.15, -0.1) is 0 Å². The Morgan fingerprint density at radius 1 is 1.39 bits per heavy atom. The molecule has 0 saturated carbocycles. The lowest BCUT2D eigenvalue weighted by atomic mass is 10.0. The van der Waals surface area contributed by atoms with Gasteiger partial charge in [0.2, 0.25) is 0 Å². The predicted octanol–water partition coefficient (Wildman–Crippen LogP) is 3.95. The van der Waals surface area contributed by atoms with Crippen molar-refractivity contribution in [3.05, 3.63) is 37.8 Å². The fraction of sp³-hybridized carbons (Fsp3) is 0.222. The summed E-state index contributed by atoms with van der Waals surface area (Å²) in [6.45, 7) is 0. The number of rotatable bonds is 3. The van der Waals surface area contributed by atoms with Crippen LogP contribution in [0.1, 0.15) is 15.9 Å². The van der Waals surface area contributed by atoms with Crippen LogP contribution in [-0.2, 0) is 6.18 Å². The molecule has 0 spiro atoms. The first-order valence-electron chi connectivity index (χ1n) is 4.33. The largest absolute Gasteiger partial charge is 0.417 e. The molecule has 0 saturated heterocycles. The lowest BCUT2D eigenvalue weighted by Gasteiger charge is -2.12. The van der Waals surface area contributed by atoms with Crippen LogP contribution in [0.3, 0.4) is 0 Å². The van der Waals surface area contributed by atoms with E-state index in [1.165, 1.54) is 0 Å². The van der Waals surface area contributed by atoms with Gasteiger partial charge in [-0.3, -0.25) is 14.9 Å². The molecule has 0 amide bonds. The van der Waals surface area contributed by atoms with Gasteiger partial charge >= 0.3 is 6.18 Å². The smallest absolute Gasteiger partial charge is 0.293 e. The van der Waals surface area contributed by atoms with Crippen LogP contribution in [0.5, 0.6) is 0 Å². The van der Waals surface area contributed by atoms with E-state index in [0.29, 0.717) is 12.1 Å². The highest BCUT2D eigenvalue weighted by Gasteiger charge is 2.38. The molecule has 1 rings (SSSR count). The molecule has 1 aromatic carbocycles. The first-order valence-corrected chi connectivity index (χ1v) is 6.24. The normalized spacial score (nSPS) is 11.4. The molecule has 18 heavy (non-hydrogen) atoms. The Kier molecular flexibility index (Phi) is 4.49. The van der Waals surface area contributed by atoms with E-state index in [2.05, 4.69) is 31.9 Å². The van der Waals surface area contributed by atoms with Crippen LogP contribution in [0, 0.1) is 10.1 Å². The van der Waals surface area contributed by atoms with Gasteiger partial charge in [-0.2, -0.15) is 13.2 Å². The molecule has 0 radical (unpaired) electrons. The topological polar surface area (TPSA) is 60.2 Å². The molecular weight excluding hydrogens is 387 g/mol. The molecule has 98 valence electrons. The van der Waals surface area contributed by atoms with Gasteiger partial charge in [-0.05, 0) is 22.0 Å². The molecule has 0 aliphatic heterocycles. The third-order valence-corrected chi connectivity index (χ3v) is 3.34. The first-order chi connectivity index (χ1) is 8.20. The van der Waals surface area contributed by atoms with Crippen molar-refractivity contribution in [3.8, 4) is 0 Å². The highest BCUT2D eigenvalue weighted by Crippen LogP contribution is 2.39. The summed E-state index contributed by atoms with van der Waals surface area (Å²) in [6.07, 6.45) is -4.76. The van der Waals surface area contributed by atoms with Gasteiger partial charge in [0.05, 0.1) is 21.4 Å². The molecule has 1 aromatic rings. The van der Waals surface area contributed by atoms with Crippen molar-refractivity contribution < 1.29 is 22.9 Å². The maximum Gasteiger partial charge on any atom is 0.417 e. The quantitative estimate of drug-likeness (QED) is 0.340. The maximum atomic E-state index is 12.7. The van der Waals surface area contributed by atoms with Crippen LogP contribution in [0.15, 0.2) is 16.6 Å². The second-order valence-corrected chi connectivity index (χ2v) is 4.49. The molecule has 0 unspecified atom stereocenters. The molecule has 0 atom stereocenters. The summed E-state index contributed by atoms with van der Waals surface area (Å²) in [5, 5.41) is 10.3. The number of nitro benzene ring substituents is 1. The van der Waals surface area contributed by atoms with Gasteiger partial charge in [-0.1, -0.05) is 15.9 Å². The molecule has 0 heterocycles. The van der Waals surface area contributed by atoms with Gasteiger partial charge in [0.1, 0.15) is 4.47 Å². The van der Waals surface area contributed by atoms with Gasteiger partial charge in [0.15, 0.2) is 5.78 Å². The number of benzene rings is 1. The van der Waals surface area contributed by atoms with Crippen molar-refractivity contribution >= 4 is 43.3 Å². The second-order valence-electron chi connectivity index (χ2n) is 3.13. The van der Waals surface area contributed by atoms with Crippen LogP contribution in [0.2, 0.25) is 0 Å². The Morgan fingerprint density at radius 2 is 1.94 bits per heavy atom. The molecule has 0 aliphatic carbocycles. The highest BCUT2D eigenvalue weighted by molar-refractivity contribution is 9.10. The average Bonchev–Trinajstić information content (AvgIpc) is 2.25. The summed E-state index contributed by atoms with van der Waals surface area (Å²) in [7, 11) is 0. The zero-order chi connectivity index (χ0) is 14.1. The number of halogens is 5. The monoisotopic (exact) mass is 389 g/mol. The Balaban J connectivity index is 3.62. The fourth-order valence-electron chi connectivity index (χ4n) is 1.28. The lowest BCUT2D eigenvalue weighted by molar-refractivity contribution is -0.385. The van der Waals surface area contributed by atoms with E-state index in [1.807, 2.05) is 0 Å². The minimum Gasteiger partial charge on any atom is -0.293 e. The van der Waals surface area contributed by atoms with Crippen LogP contribution in [0.4, 0.5) is 18.9 Å². The molecule has 4 nitrogen and oxygen atoms in total. The van der Waals surface area contributed by atoms with Gasteiger partial charge < -0.3 is 0 Å². The summed E-state index contributed by atoms with van der Waals surface area (Å²) < 4.78 is 37.6. The van der Waals surface area contributed by atoms with Crippen molar-refractivity contribution in [2.75, 3.05) is 5.33 Å². The van der Waals surface area contributed by atoms with Crippen molar-refractivity contribution in [1.29, 1.82) is 0 Å². The number of alkyl halides is 4. The van der Waals surface area contributed by atoms with E-state index >= 15 is 0 Å². The third-order valence-electron chi connectivity index (χ3n) is 2.02. The van der Waals surface area contributed by atoms with Crippen LogP contribution in [-0.4, -0.2) is 16.0 Å². The van der Waals surface area contributed by atoms with Gasteiger partial charge in [0.25, 0.3) is 5.69 Å². The molecule has 0 aliphatic rings. The SMILES string of the molecule is O=C(CBr)c1c(C(F)(F)F)ccc([N+](=O)[O-])c1Br. The summed E-state index contributed by atoms with van der Waals surface area (Å²) in [6, 6.07) is 1.23. The minimum absolute atomic E-state index is 0.365.